The van der Waals surface area contributed by atoms with Gasteiger partial charge in [0.2, 0.25) is 0 Å². The van der Waals surface area contributed by atoms with E-state index in [9.17, 15) is 9.59 Å². The van der Waals surface area contributed by atoms with Gasteiger partial charge in [-0.05, 0) is 19.3 Å². The van der Waals surface area contributed by atoms with Crippen LogP contribution in [0.15, 0.2) is 0 Å². The van der Waals surface area contributed by atoms with E-state index in [0.29, 0.717) is 0 Å². The standard InChI is InChI=1S/C9H15NO4/c1-13-7-5-3-4-6(7)10-8(11)9(12)14-2/h6-7H,3-5H2,1-2H3,(H,10,11). The van der Waals surface area contributed by atoms with Crippen LogP contribution in [0, 0.1) is 0 Å². The molecule has 2 atom stereocenters. The topological polar surface area (TPSA) is 64.6 Å². The van der Waals surface area contributed by atoms with Crippen LogP contribution >= 0.6 is 0 Å². The summed E-state index contributed by atoms with van der Waals surface area (Å²) in [6.45, 7) is 0. The SMILES string of the molecule is COC(=O)C(=O)NC1CCCC1OC. The van der Waals surface area contributed by atoms with E-state index in [0.717, 1.165) is 19.3 Å². The van der Waals surface area contributed by atoms with E-state index in [1.54, 1.807) is 7.11 Å². The fourth-order valence-corrected chi connectivity index (χ4v) is 1.69. The number of carbonyl (C=O) groups excluding carboxylic acids is 2. The van der Waals surface area contributed by atoms with Crippen LogP contribution < -0.4 is 5.32 Å². The summed E-state index contributed by atoms with van der Waals surface area (Å²) >= 11 is 0. The monoisotopic (exact) mass is 201 g/mol. The predicted octanol–water partition coefficient (Wildman–Crippen LogP) is -0.157. The molecule has 0 heterocycles. The third-order valence-corrected chi connectivity index (χ3v) is 2.44. The molecule has 0 aliphatic heterocycles. The Labute approximate surface area is 82.8 Å². The van der Waals surface area contributed by atoms with E-state index >= 15 is 0 Å². The van der Waals surface area contributed by atoms with Crippen molar-refractivity contribution in [2.75, 3.05) is 14.2 Å². The van der Waals surface area contributed by atoms with Gasteiger partial charge in [-0.1, -0.05) is 0 Å². The maximum absolute atomic E-state index is 11.2. The van der Waals surface area contributed by atoms with Crippen molar-refractivity contribution in [3.8, 4) is 0 Å². The van der Waals surface area contributed by atoms with E-state index in [1.165, 1.54) is 7.11 Å². The second kappa shape index (κ2) is 4.95. The van der Waals surface area contributed by atoms with Gasteiger partial charge in [0.25, 0.3) is 0 Å². The molecule has 1 aliphatic rings. The zero-order chi connectivity index (χ0) is 10.6. The van der Waals surface area contributed by atoms with Gasteiger partial charge in [-0.15, -0.1) is 0 Å². The lowest BCUT2D eigenvalue weighted by Gasteiger charge is -2.18. The van der Waals surface area contributed by atoms with Crippen LogP contribution in [0.1, 0.15) is 19.3 Å². The van der Waals surface area contributed by atoms with Crippen molar-refractivity contribution in [2.24, 2.45) is 0 Å². The first-order valence-corrected chi connectivity index (χ1v) is 4.60. The van der Waals surface area contributed by atoms with Crippen LogP contribution in [0.3, 0.4) is 0 Å². The van der Waals surface area contributed by atoms with E-state index < -0.39 is 11.9 Å². The molecule has 14 heavy (non-hydrogen) atoms. The summed E-state index contributed by atoms with van der Waals surface area (Å²) in [5.41, 5.74) is 0. The second-order valence-corrected chi connectivity index (χ2v) is 3.28. The van der Waals surface area contributed by atoms with Gasteiger partial charge in [-0.3, -0.25) is 4.79 Å². The number of carbonyl (C=O) groups is 2. The molecule has 0 aromatic carbocycles. The van der Waals surface area contributed by atoms with Gasteiger partial charge >= 0.3 is 11.9 Å². The van der Waals surface area contributed by atoms with Crippen molar-refractivity contribution in [3.63, 3.8) is 0 Å². The molecule has 1 N–H and O–H groups in total. The summed E-state index contributed by atoms with van der Waals surface area (Å²) in [6, 6.07) is -0.0633. The molecule has 5 nitrogen and oxygen atoms in total. The Morgan fingerprint density at radius 3 is 2.57 bits per heavy atom. The Bertz CT molecular complexity index is 229. The van der Waals surface area contributed by atoms with E-state index in [1.807, 2.05) is 0 Å². The molecule has 5 heteroatoms. The van der Waals surface area contributed by atoms with E-state index in [2.05, 4.69) is 10.1 Å². The number of methoxy groups -OCH3 is 2. The van der Waals surface area contributed by atoms with Crippen LogP contribution in [-0.4, -0.2) is 38.2 Å². The molecule has 0 saturated heterocycles. The summed E-state index contributed by atoms with van der Waals surface area (Å²) in [4.78, 5) is 22.0. The van der Waals surface area contributed by atoms with Crippen LogP contribution in [0.2, 0.25) is 0 Å². The molecule has 1 saturated carbocycles. The molecule has 0 spiro atoms. The highest BCUT2D eigenvalue weighted by Gasteiger charge is 2.30. The van der Waals surface area contributed by atoms with E-state index in [4.69, 9.17) is 4.74 Å². The number of esters is 1. The average Bonchev–Trinajstić information content (AvgIpc) is 2.63. The zero-order valence-electron chi connectivity index (χ0n) is 8.41. The molecule has 80 valence electrons. The Morgan fingerprint density at radius 1 is 1.29 bits per heavy atom. The van der Waals surface area contributed by atoms with Crippen LogP contribution in [0.25, 0.3) is 0 Å². The Balaban J connectivity index is 2.43. The van der Waals surface area contributed by atoms with Gasteiger partial charge in [-0.25, -0.2) is 4.79 Å². The molecule has 1 rings (SSSR count). The van der Waals surface area contributed by atoms with Crippen molar-refractivity contribution in [1.29, 1.82) is 0 Å². The van der Waals surface area contributed by atoms with Crippen LogP contribution in [0.5, 0.6) is 0 Å². The smallest absolute Gasteiger partial charge is 0.396 e. The largest absolute Gasteiger partial charge is 0.462 e. The van der Waals surface area contributed by atoms with Gasteiger partial charge in [0.1, 0.15) is 0 Å². The molecule has 1 fully saturated rings. The molecule has 0 aromatic rings. The van der Waals surface area contributed by atoms with Crippen molar-refractivity contribution in [1.82, 2.24) is 5.32 Å². The number of amides is 1. The third-order valence-electron chi connectivity index (χ3n) is 2.44. The molecule has 0 radical (unpaired) electrons. The van der Waals surface area contributed by atoms with Crippen molar-refractivity contribution in [2.45, 2.75) is 31.4 Å². The minimum Gasteiger partial charge on any atom is -0.462 e. The lowest BCUT2D eigenvalue weighted by atomic mass is 10.2. The number of ether oxygens (including phenoxy) is 2. The Kier molecular flexibility index (Phi) is 3.88. The second-order valence-electron chi connectivity index (χ2n) is 3.28. The molecule has 1 amide bonds. The third kappa shape index (κ3) is 2.45. The first-order chi connectivity index (χ1) is 6.69. The minimum atomic E-state index is -0.855. The highest BCUT2D eigenvalue weighted by Crippen LogP contribution is 2.21. The number of hydrogen-bond donors (Lipinski definition) is 1. The fourth-order valence-electron chi connectivity index (χ4n) is 1.69. The lowest BCUT2D eigenvalue weighted by molar-refractivity contribution is -0.153. The summed E-state index contributed by atoms with van der Waals surface area (Å²) in [5.74, 6) is -1.55. The van der Waals surface area contributed by atoms with Gasteiger partial charge in [0.05, 0.1) is 19.3 Å². The van der Waals surface area contributed by atoms with Crippen LogP contribution in [0.4, 0.5) is 0 Å². The Hall–Kier alpha value is -1.10. The lowest BCUT2D eigenvalue weighted by Crippen LogP contribution is -2.44. The highest BCUT2D eigenvalue weighted by molar-refractivity contribution is 6.32. The van der Waals surface area contributed by atoms with Crippen molar-refractivity contribution < 1.29 is 19.1 Å². The van der Waals surface area contributed by atoms with E-state index in [-0.39, 0.29) is 12.1 Å². The maximum atomic E-state index is 11.2. The van der Waals surface area contributed by atoms with Gasteiger partial charge < -0.3 is 14.8 Å². The number of nitrogens with one attached hydrogen (secondary N) is 1. The number of hydrogen-bond acceptors (Lipinski definition) is 4. The molecule has 0 bridgehead atoms. The summed E-state index contributed by atoms with van der Waals surface area (Å²) in [6.07, 6.45) is 2.79. The molecular formula is C9H15NO4. The highest BCUT2D eigenvalue weighted by atomic mass is 16.5. The quantitative estimate of drug-likeness (QED) is 0.498. The van der Waals surface area contributed by atoms with Crippen molar-refractivity contribution >= 4 is 11.9 Å². The normalized spacial score (nSPS) is 25.9. The maximum Gasteiger partial charge on any atom is 0.396 e. The summed E-state index contributed by atoms with van der Waals surface area (Å²) in [7, 11) is 2.79. The molecule has 0 aromatic heterocycles. The van der Waals surface area contributed by atoms with Gasteiger partial charge in [-0.2, -0.15) is 0 Å². The molecule has 2 unspecified atom stereocenters. The van der Waals surface area contributed by atoms with Gasteiger partial charge in [0, 0.05) is 7.11 Å². The first kappa shape index (κ1) is 11.0. The summed E-state index contributed by atoms with van der Waals surface area (Å²) < 4.78 is 9.47. The molecule has 1 aliphatic carbocycles. The molecular weight excluding hydrogens is 186 g/mol. The first-order valence-electron chi connectivity index (χ1n) is 4.60. The Morgan fingerprint density at radius 2 is 2.00 bits per heavy atom. The minimum absolute atomic E-state index is 0.0172. The van der Waals surface area contributed by atoms with Crippen LogP contribution in [-0.2, 0) is 19.1 Å². The van der Waals surface area contributed by atoms with Crippen molar-refractivity contribution in [3.05, 3.63) is 0 Å². The van der Waals surface area contributed by atoms with Gasteiger partial charge in [0.15, 0.2) is 0 Å². The number of rotatable bonds is 2. The fraction of sp³-hybridized carbons (Fsp3) is 0.778. The summed E-state index contributed by atoms with van der Waals surface area (Å²) in [5, 5.41) is 2.59. The predicted molar refractivity (Wildman–Crippen MR) is 48.6 cm³/mol. The average molecular weight is 201 g/mol. The zero-order valence-corrected chi connectivity index (χ0v) is 8.41.